The highest BCUT2D eigenvalue weighted by Crippen LogP contribution is 2.64. The van der Waals surface area contributed by atoms with Gasteiger partial charge in [0.15, 0.2) is 0 Å². The van der Waals surface area contributed by atoms with Crippen molar-refractivity contribution in [3.63, 3.8) is 0 Å². The van der Waals surface area contributed by atoms with Gasteiger partial charge >= 0.3 is 46.8 Å². The van der Waals surface area contributed by atoms with Gasteiger partial charge in [0.2, 0.25) is 0 Å². The predicted molar refractivity (Wildman–Crippen MR) is 88.6 cm³/mol. The summed E-state index contributed by atoms with van der Waals surface area (Å²) in [6.45, 7) is -1.05. The van der Waals surface area contributed by atoms with E-state index >= 15 is 0 Å². The van der Waals surface area contributed by atoms with Gasteiger partial charge in [-0.2, -0.15) is 70.2 Å². The minimum absolute atomic E-state index is 0.226. The Hall–Kier alpha value is -2.14. The molecule has 1 rings (SSSR count). The molecule has 0 aliphatic rings. The molecule has 1 N–H and O–H groups in total. The van der Waals surface area contributed by atoms with Crippen LogP contribution in [0.15, 0.2) is 30.3 Å². The Morgan fingerprint density at radius 2 is 0.972 bits per heavy atom. The molecule has 0 saturated carbocycles. The minimum atomic E-state index is -8.60. The van der Waals surface area contributed by atoms with Crippen molar-refractivity contribution >= 4 is 17.5 Å². The maximum atomic E-state index is 13.8. The third-order valence-corrected chi connectivity index (χ3v) is 4.79. The van der Waals surface area contributed by atoms with Crippen molar-refractivity contribution in [1.29, 1.82) is 0 Å². The molecule has 2 nitrogen and oxygen atoms in total. The number of alkyl halides is 17. The summed E-state index contributed by atoms with van der Waals surface area (Å²) in [5.41, 5.74) is 0.226. The number of benzene rings is 1. The molecule has 0 fully saturated rings. The fourth-order valence-corrected chi connectivity index (χ4v) is 2.50. The number of carbonyl (C=O) groups is 1. The molecule has 0 spiro atoms. The quantitative estimate of drug-likeness (QED) is 0.230. The van der Waals surface area contributed by atoms with Gasteiger partial charge in [-0.1, -0.05) is 30.3 Å². The van der Waals surface area contributed by atoms with E-state index in [1.54, 1.807) is 0 Å². The number of nitrogens with one attached hydrogen (secondary N) is 1. The third-order valence-electron chi connectivity index (χ3n) is 4.55. The third kappa shape index (κ3) is 4.64. The van der Waals surface area contributed by atoms with Gasteiger partial charge in [-0.05, 0) is 23.6 Å². The molecule has 36 heavy (non-hydrogen) atoms. The van der Waals surface area contributed by atoms with E-state index in [0.29, 0.717) is 0 Å². The molecule has 19 heteroatoms. The van der Waals surface area contributed by atoms with Crippen LogP contribution in [0.25, 0.3) is 0 Å². The number of amides is 1. The van der Waals surface area contributed by atoms with Crippen molar-refractivity contribution in [2.24, 2.45) is 0 Å². The summed E-state index contributed by atoms with van der Waals surface area (Å²) in [5.74, 6) is -60.3. The molecule has 0 aromatic heterocycles. The first kappa shape index (κ1) is 31.9. The molecular weight excluding hydrogens is 574 g/mol. The Bertz CT molecular complexity index is 928. The van der Waals surface area contributed by atoms with E-state index < -0.39 is 65.7 Å². The Morgan fingerprint density at radius 1 is 0.611 bits per heavy atom. The lowest BCUT2D eigenvalue weighted by molar-refractivity contribution is -0.446. The van der Waals surface area contributed by atoms with Gasteiger partial charge in [-0.15, -0.1) is 0 Å². The first-order valence-electron chi connectivity index (χ1n) is 8.78. The predicted octanol–water partition coefficient (Wildman–Crippen LogP) is 6.62. The van der Waals surface area contributed by atoms with Crippen LogP contribution in [0.4, 0.5) is 70.2 Å². The zero-order chi connectivity index (χ0) is 28.8. The highest BCUT2D eigenvalue weighted by molar-refractivity contribution is 6.22. The molecule has 0 saturated heterocycles. The van der Waals surface area contributed by atoms with Gasteiger partial charge in [0, 0.05) is 6.54 Å². The lowest BCUT2D eigenvalue weighted by Gasteiger charge is -2.42. The summed E-state index contributed by atoms with van der Waals surface area (Å²) >= 11 is 3.43. The summed E-state index contributed by atoms with van der Waals surface area (Å²) in [5, 5.41) is -5.96. The largest absolute Gasteiger partial charge is 0.393 e. The Kier molecular flexibility index (Phi) is 8.25. The van der Waals surface area contributed by atoms with Crippen LogP contribution in [-0.2, 0) is 11.2 Å². The zero-order valence-electron chi connectivity index (χ0n) is 16.6. The van der Waals surface area contributed by atoms with Crippen molar-refractivity contribution in [3.05, 3.63) is 35.9 Å². The zero-order valence-corrected chi connectivity index (χ0v) is 17.4. The average molecular weight is 584 g/mol. The highest BCUT2D eigenvalue weighted by Gasteiger charge is 2.95. The molecule has 1 aromatic carbocycles. The molecule has 0 radical (unpaired) electrons. The van der Waals surface area contributed by atoms with Crippen molar-refractivity contribution in [3.8, 4) is 0 Å². The molecule has 0 bridgehead atoms. The molecule has 1 aromatic rings. The van der Waals surface area contributed by atoms with Crippen LogP contribution in [0, 0.1) is 0 Å². The second-order valence-corrected chi connectivity index (χ2v) is 7.48. The molecule has 0 aliphatic heterocycles. The van der Waals surface area contributed by atoms with Crippen LogP contribution in [0.3, 0.4) is 0 Å². The summed E-state index contributed by atoms with van der Waals surface area (Å²) in [6, 6.07) is 6.75. The van der Waals surface area contributed by atoms with Crippen LogP contribution in [0.2, 0.25) is 0 Å². The fourth-order valence-electron chi connectivity index (χ4n) is 2.38. The standard InChI is InChI=1S/C17H10ClF16NO/c18-17(33,34)16(31,32)15(29,30)14(27,28)13(25,26)12(23,24)11(21,22)10(19,20)9(36)35-7-6-8-4-2-1-3-5-8/h1-5H,6-7H2,(H,35,36). The van der Waals surface area contributed by atoms with E-state index in [2.05, 4.69) is 11.6 Å². The van der Waals surface area contributed by atoms with Crippen LogP contribution in [0.5, 0.6) is 0 Å². The van der Waals surface area contributed by atoms with Crippen LogP contribution in [-0.4, -0.2) is 59.3 Å². The Balaban J connectivity index is 3.37. The number of rotatable bonds is 11. The minimum Gasteiger partial charge on any atom is -0.350 e. The first-order chi connectivity index (χ1) is 15.7. The van der Waals surface area contributed by atoms with Gasteiger partial charge in [-0.3, -0.25) is 4.79 Å². The summed E-state index contributed by atoms with van der Waals surface area (Å²) in [6.07, 6.45) is -0.452. The smallest absolute Gasteiger partial charge is 0.350 e. The maximum absolute atomic E-state index is 13.8. The molecule has 0 atom stereocenters. The van der Waals surface area contributed by atoms with Gasteiger partial charge in [0.05, 0.1) is 0 Å². The van der Waals surface area contributed by atoms with E-state index in [4.69, 9.17) is 0 Å². The Labute approximate surface area is 194 Å². The van der Waals surface area contributed by atoms with Crippen LogP contribution >= 0.6 is 11.6 Å². The van der Waals surface area contributed by atoms with Gasteiger partial charge in [0.25, 0.3) is 5.91 Å². The summed E-state index contributed by atoms with van der Waals surface area (Å²) in [7, 11) is 0. The molecule has 0 aliphatic carbocycles. The second-order valence-electron chi connectivity index (χ2n) is 7.01. The van der Waals surface area contributed by atoms with Gasteiger partial charge in [-0.25, -0.2) is 0 Å². The number of hydrogen-bond acceptors (Lipinski definition) is 1. The van der Waals surface area contributed by atoms with Gasteiger partial charge in [0.1, 0.15) is 0 Å². The van der Waals surface area contributed by atoms with Crippen molar-refractivity contribution < 1.29 is 75.0 Å². The molecule has 1 amide bonds. The lowest BCUT2D eigenvalue weighted by atomic mass is 9.89. The maximum Gasteiger partial charge on any atom is 0.393 e. The van der Waals surface area contributed by atoms with E-state index in [-0.39, 0.29) is 5.56 Å². The topological polar surface area (TPSA) is 29.1 Å². The molecular formula is C17H10ClF16NO. The normalized spacial score (nSPS) is 15.1. The number of hydrogen-bond donors (Lipinski definition) is 1. The summed E-state index contributed by atoms with van der Waals surface area (Å²) in [4.78, 5) is 11.3. The van der Waals surface area contributed by atoms with Crippen LogP contribution in [0.1, 0.15) is 5.56 Å². The monoisotopic (exact) mass is 583 g/mol. The summed E-state index contributed by atoms with van der Waals surface area (Å²) < 4.78 is 214. The van der Waals surface area contributed by atoms with E-state index in [9.17, 15) is 75.0 Å². The number of carbonyl (C=O) groups excluding carboxylic acids is 1. The molecule has 0 heterocycles. The lowest BCUT2D eigenvalue weighted by Crippen LogP contribution is -2.75. The van der Waals surface area contributed by atoms with Crippen molar-refractivity contribution in [1.82, 2.24) is 5.32 Å². The van der Waals surface area contributed by atoms with E-state index in [0.717, 1.165) is 5.32 Å². The number of halogens is 17. The van der Waals surface area contributed by atoms with Crippen molar-refractivity contribution in [2.75, 3.05) is 6.54 Å². The van der Waals surface area contributed by atoms with E-state index in [1.807, 2.05) is 0 Å². The Morgan fingerprint density at radius 3 is 1.36 bits per heavy atom. The van der Waals surface area contributed by atoms with E-state index in [1.165, 1.54) is 30.3 Å². The van der Waals surface area contributed by atoms with Crippen molar-refractivity contribution in [2.45, 2.75) is 53.3 Å². The fraction of sp³-hybridized carbons (Fsp3) is 0.588. The SMILES string of the molecule is O=C(NCCc1ccccc1)C(F)(F)C(F)(F)C(F)(F)C(F)(F)C(F)(F)C(F)(F)C(F)(F)C(F)(F)Cl. The van der Waals surface area contributed by atoms with Crippen LogP contribution < -0.4 is 5.32 Å². The average Bonchev–Trinajstić information content (AvgIpc) is 2.72. The molecule has 208 valence electrons. The van der Waals surface area contributed by atoms with Gasteiger partial charge < -0.3 is 5.32 Å². The highest BCUT2D eigenvalue weighted by atomic mass is 35.5. The second kappa shape index (κ2) is 9.31. The first-order valence-corrected chi connectivity index (χ1v) is 9.16. The molecule has 0 unspecified atom stereocenters.